The molecule has 3 N–H and O–H groups in total. The fourth-order valence-electron chi connectivity index (χ4n) is 2.87. The van der Waals surface area contributed by atoms with Crippen LogP contribution in [0.5, 0.6) is 0 Å². The molecule has 2 atom stereocenters. The van der Waals surface area contributed by atoms with Crippen molar-refractivity contribution in [3.8, 4) is 0 Å². The molecule has 0 aliphatic carbocycles. The van der Waals surface area contributed by atoms with Crippen molar-refractivity contribution in [3.63, 3.8) is 0 Å². The second-order valence-electron chi connectivity index (χ2n) is 6.58. The van der Waals surface area contributed by atoms with Crippen LogP contribution in [0, 0.1) is 5.82 Å². The van der Waals surface area contributed by atoms with Crippen molar-refractivity contribution in [1.29, 1.82) is 0 Å². The largest absolute Gasteiger partial charge is 0.387 e. The molecule has 0 fully saturated rings. The van der Waals surface area contributed by atoms with Gasteiger partial charge in [0.2, 0.25) is 0 Å². The standard InChI is InChI=1S/C19H20ClFN4OS/c1-11-17(22)25-19(2,7-8-27-11)14-9-13(4-5-15(14)21)24-18(26)16-6-3-12(20)10-23-16/h3-6,9-11H,7-8H2,1-2H3,(H2,22,25)(H,24,26)/t11?,19-/m0/s1. The average molecular weight is 407 g/mol. The molecule has 2 heterocycles. The van der Waals surface area contributed by atoms with E-state index in [1.165, 1.54) is 24.4 Å². The molecule has 5 nitrogen and oxygen atoms in total. The van der Waals surface area contributed by atoms with Gasteiger partial charge in [-0.05, 0) is 56.4 Å². The number of thioether (sulfide) groups is 1. The summed E-state index contributed by atoms with van der Waals surface area (Å²) < 4.78 is 14.6. The molecule has 0 saturated heterocycles. The monoisotopic (exact) mass is 406 g/mol. The summed E-state index contributed by atoms with van der Waals surface area (Å²) in [5, 5.41) is 3.28. The lowest BCUT2D eigenvalue weighted by Crippen LogP contribution is -2.28. The molecular formula is C19H20ClFN4OS. The molecule has 1 aliphatic rings. The van der Waals surface area contributed by atoms with E-state index in [1.807, 2.05) is 13.8 Å². The highest BCUT2D eigenvalue weighted by Crippen LogP contribution is 2.37. The number of carbonyl (C=O) groups is 1. The second kappa shape index (κ2) is 7.86. The van der Waals surface area contributed by atoms with E-state index in [9.17, 15) is 9.18 Å². The molecule has 3 rings (SSSR count). The van der Waals surface area contributed by atoms with Gasteiger partial charge in [-0.2, -0.15) is 11.8 Å². The summed E-state index contributed by atoms with van der Waals surface area (Å²) in [7, 11) is 0. The Morgan fingerprint density at radius 2 is 2.19 bits per heavy atom. The number of aliphatic imine (C=N–C) groups is 1. The zero-order valence-electron chi connectivity index (χ0n) is 15.0. The summed E-state index contributed by atoms with van der Waals surface area (Å²) in [6.07, 6.45) is 2.05. The highest BCUT2D eigenvalue weighted by molar-refractivity contribution is 8.00. The number of nitrogens with two attached hydrogens (primary N) is 1. The van der Waals surface area contributed by atoms with Crippen LogP contribution < -0.4 is 11.1 Å². The number of anilines is 1. The van der Waals surface area contributed by atoms with E-state index in [1.54, 1.807) is 23.9 Å². The molecule has 1 aliphatic heterocycles. The number of nitrogens with one attached hydrogen (secondary N) is 1. The Hall–Kier alpha value is -2.12. The third-order valence-electron chi connectivity index (χ3n) is 4.51. The number of hydrogen-bond acceptors (Lipinski definition) is 5. The topological polar surface area (TPSA) is 80.4 Å². The maximum Gasteiger partial charge on any atom is 0.274 e. The van der Waals surface area contributed by atoms with Crippen LogP contribution in [-0.2, 0) is 5.54 Å². The SMILES string of the molecule is CC1SCC[C@@](C)(c2cc(NC(=O)c3ccc(Cl)cn3)ccc2F)N=C1N. The number of aromatic nitrogens is 1. The Kier molecular flexibility index (Phi) is 5.72. The Bertz CT molecular complexity index is 890. The number of benzene rings is 1. The van der Waals surface area contributed by atoms with Gasteiger partial charge in [0.1, 0.15) is 17.3 Å². The average Bonchev–Trinajstić information content (AvgIpc) is 2.76. The summed E-state index contributed by atoms with van der Waals surface area (Å²) in [6.45, 7) is 3.85. The van der Waals surface area contributed by atoms with Crippen LogP contribution in [0.3, 0.4) is 0 Å². The number of rotatable bonds is 3. The summed E-state index contributed by atoms with van der Waals surface area (Å²) in [6, 6.07) is 7.57. The lowest BCUT2D eigenvalue weighted by molar-refractivity contribution is 0.102. The third kappa shape index (κ3) is 4.42. The van der Waals surface area contributed by atoms with Gasteiger partial charge in [-0.3, -0.25) is 9.79 Å². The summed E-state index contributed by atoms with van der Waals surface area (Å²) in [5.74, 6) is 0.532. The van der Waals surface area contributed by atoms with E-state index in [-0.39, 0.29) is 16.8 Å². The quantitative estimate of drug-likeness (QED) is 0.799. The maximum atomic E-state index is 14.6. The number of pyridine rings is 1. The van der Waals surface area contributed by atoms with Gasteiger partial charge in [-0.25, -0.2) is 9.37 Å². The van der Waals surface area contributed by atoms with Crippen molar-refractivity contribution >= 4 is 40.8 Å². The fourth-order valence-corrected chi connectivity index (χ4v) is 4.07. The number of hydrogen-bond donors (Lipinski definition) is 2. The molecule has 1 aromatic carbocycles. The molecule has 0 bridgehead atoms. The minimum Gasteiger partial charge on any atom is -0.387 e. The Morgan fingerprint density at radius 3 is 2.89 bits per heavy atom. The van der Waals surface area contributed by atoms with Crippen LogP contribution in [-0.4, -0.2) is 27.7 Å². The van der Waals surface area contributed by atoms with Crippen LogP contribution in [0.4, 0.5) is 10.1 Å². The third-order valence-corrected chi connectivity index (χ3v) is 5.92. The second-order valence-corrected chi connectivity index (χ2v) is 8.47. The van der Waals surface area contributed by atoms with Gasteiger partial charge < -0.3 is 11.1 Å². The predicted molar refractivity (Wildman–Crippen MR) is 109 cm³/mol. The van der Waals surface area contributed by atoms with E-state index in [0.29, 0.717) is 28.5 Å². The van der Waals surface area contributed by atoms with Gasteiger partial charge in [0, 0.05) is 17.4 Å². The number of amides is 1. The van der Waals surface area contributed by atoms with Crippen molar-refractivity contribution in [3.05, 3.63) is 58.6 Å². The first-order valence-electron chi connectivity index (χ1n) is 8.48. The smallest absolute Gasteiger partial charge is 0.274 e. The molecule has 142 valence electrons. The van der Waals surface area contributed by atoms with Crippen molar-refractivity contribution in [2.75, 3.05) is 11.1 Å². The lowest BCUT2D eigenvalue weighted by atomic mass is 9.89. The molecule has 2 aromatic rings. The molecule has 1 unspecified atom stereocenters. The van der Waals surface area contributed by atoms with Gasteiger partial charge in [0.25, 0.3) is 5.91 Å². The summed E-state index contributed by atoms with van der Waals surface area (Å²) in [4.78, 5) is 21.0. The molecule has 1 aromatic heterocycles. The van der Waals surface area contributed by atoms with E-state index < -0.39 is 11.4 Å². The van der Waals surface area contributed by atoms with Crippen molar-refractivity contribution in [1.82, 2.24) is 4.98 Å². The van der Waals surface area contributed by atoms with Gasteiger partial charge >= 0.3 is 0 Å². The van der Waals surface area contributed by atoms with E-state index >= 15 is 0 Å². The van der Waals surface area contributed by atoms with Crippen LogP contribution in [0.25, 0.3) is 0 Å². The Balaban J connectivity index is 1.90. The highest BCUT2D eigenvalue weighted by Gasteiger charge is 2.32. The van der Waals surface area contributed by atoms with Gasteiger partial charge in [-0.1, -0.05) is 11.6 Å². The first-order valence-corrected chi connectivity index (χ1v) is 9.91. The molecule has 1 amide bonds. The van der Waals surface area contributed by atoms with Crippen LogP contribution in [0.2, 0.25) is 5.02 Å². The lowest BCUT2D eigenvalue weighted by Gasteiger charge is -2.26. The van der Waals surface area contributed by atoms with Crippen LogP contribution in [0.1, 0.15) is 36.3 Å². The molecule has 27 heavy (non-hydrogen) atoms. The summed E-state index contributed by atoms with van der Waals surface area (Å²) >= 11 is 7.49. The predicted octanol–water partition coefficient (Wildman–Crippen LogP) is 4.22. The molecular weight excluding hydrogens is 387 g/mol. The normalized spacial score (nSPS) is 22.7. The molecule has 0 radical (unpaired) electrons. The van der Waals surface area contributed by atoms with E-state index in [2.05, 4.69) is 15.3 Å². The van der Waals surface area contributed by atoms with Crippen LogP contribution >= 0.6 is 23.4 Å². The van der Waals surface area contributed by atoms with Crippen molar-refractivity contribution in [2.24, 2.45) is 10.7 Å². The Labute approximate surface area is 166 Å². The highest BCUT2D eigenvalue weighted by atomic mass is 35.5. The summed E-state index contributed by atoms with van der Waals surface area (Å²) in [5.41, 5.74) is 6.37. The zero-order valence-corrected chi connectivity index (χ0v) is 16.6. The molecule has 8 heteroatoms. The maximum absolute atomic E-state index is 14.6. The number of halogens is 2. The number of nitrogens with zero attached hydrogens (tertiary/aromatic N) is 2. The van der Waals surface area contributed by atoms with Gasteiger partial charge in [0.15, 0.2) is 0 Å². The van der Waals surface area contributed by atoms with Gasteiger partial charge in [0.05, 0.1) is 15.8 Å². The zero-order chi connectivity index (χ0) is 19.6. The molecule has 0 spiro atoms. The van der Waals surface area contributed by atoms with E-state index in [0.717, 1.165) is 5.75 Å². The number of carbonyl (C=O) groups excluding carboxylic acids is 1. The first kappa shape index (κ1) is 19.6. The van der Waals surface area contributed by atoms with Crippen molar-refractivity contribution < 1.29 is 9.18 Å². The Morgan fingerprint density at radius 1 is 1.41 bits per heavy atom. The number of amidine groups is 1. The fraction of sp³-hybridized carbons (Fsp3) is 0.316. The minimum atomic E-state index is -0.787. The first-order chi connectivity index (χ1) is 12.8. The van der Waals surface area contributed by atoms with Crippen LogP contribution in [0.15, 0.2) is 41.5 Å². The molecule has 0 saturated carbocycles. The van der Waals surface area contributed by atoms with Crippen molar-refractivity contribution in [2.45, 2.75) is 31.1 Å². The van der Waals surface area contributed by atoms with E-state index in [4.69, 9.17) is 17.3 Å². The minimum absolute atomic E-state index is 0.0914. The van der Waals surface area contributed by atoms with Gasteiger partial charge in [-0.15, -0.1) is 0 Å².